The number of hydrogen-bond acceptors (Lipinski definition) is 5. The van der Waals surface area contributed by atoms with Gasteiger partial charge in [0.05, 0.1) is 16.1 Å². The van der Waals surface area contributed by atoms with Crippen LogP contribution in [0.5, 0.6) is 0 Å². The van der Waals surface area contributed by atoms with Gasteiger partial charge in [0.2, 0.25) is 0 Å². The fourth-order valence-corrected chi connectivity index (χ4v) is 3.88. The molecule has 25 heavy (non-hydrogen) atoms. The van der Waals surface area contributed by atoms with Gasteiger partial charge in [-0.1, -0.05) is 48.2 Å². The van der Waals surface area contributed by atoms with Gasteiger partial charge in [0.25, 0.3) is 0 Å². The Morgan fingerprint density at radius 3 is 2.64 bits per heavy atom. The molecule has 3 rings (SSSR count). The van der Waals surface area contributed by atoms with Crippen LogP contribution in [0.25, 0.3) is 21.7 Å². The summed E-state index contributed by atoms with van der Waals surface area (Å²) in [4.78, 5) is 16.8. The van der Waals surface area contributed by atoms with Crippen molar-refractivity contribution in [1.82, 2.24) is 4.98 Å². The molecule has 0 saturated heterocycles. The van der Waals surface area contributed by atoms with Crippen LogP contribution in [0.4, 0.5) is 0 Å². The van der Waals surface area contributed by atoms with Crippen LogP contribution in [0.1, 0.15) is 12.5 Å². The molecule has 6 heteroatoms. The molecule has 0 aliphatic rings. The highest BCUT2D eigenvalue weighted by molar-refractivity contribution is 8.00. The molecule has 1 aromatic carbocycles. The smallest absolute Gasteiger partial charge is 0.316 e. The van der Waals surface area contributed by atoms with Gasteiger partial charge in [-0.25, -0.2) is 4.98 Å². The lowest BCUT2D eigenvalue weighted by Gasteiger charge is -2.13. The molecule has 0 aliphatic carbocycles. The highest BCUT2D eigenvalue weighted by Crippen LogP contribution is 2.36. The number of carboxylic acid groups (broad SMARTS) is 1. The van der Waals surface area contributed by atoms with E-state index in [1.165, 1.54) is 0 Å². The molecule has 1 atom stereocenters. The second kappa shape index (κ2) is 7.51. The number of pyridine rings is 1. The normalized spacial score (nSPS) is 11.7. The molecule has 0 saturated carbocycles. The summed E-state index contributed by atoms with van der Waals surface area (Å²) in [5.41, 5.74) is 2.82. The first-order valence-electron chi connectivity index (χ1n) is 7.54. The Bertz CT molecular complexity index is 932. The zero-order chi connectivity index (χ0) is 17.8. The topological polar surface area (TPSA) is 74.0 Å². The summed E-state index contributed by atoms with van der Waals surface area (Å²) >= 11 is 2.65. The Kier molecular flexibility index (Phi) is 5.17. The zero-order valence-electron chi connectivity index (χ0n) is 13.3. The van der Waals surface area contributed by atoms with E-state index in [4.69, 9.17) is 0 Å². The first kappa shape index (κ1) is 17.2. The lowest BCUT2D eigenvalue weighted by molar-refractivity contribution is -0.136. The summed E-state index contributed by atoms with van der Waals surface area (Å²) < 4.78 is 0. The molecule has 0 aliphatic heterocycles. The summed E-state index contributed by atoms with van der Waals surface area (Å²) in [5.74, 6) is -0.932. The minimum atomic E-state index is -0.932. The van der Waals surface area contributed by atoms with Crippen molar-refractivity contribution in [2.75, 3.05) is 0 Å². The molecular formula is C19H14N2O2S2. The van der Waals surface area contributed by atoms with Crippen LogP contribution in [0.2, 0.25) is 0 Å². The van der Waals surface area contributed by atoms with Gasteiger partial charge in [-0.3, -0.25) is 4.79 Å². The molecule has 2 heterocycles. The van der Waals surface area contributed by atoms with Crippen molar-refractivity contribution in [3.05, 3.63) is 59.5 Å². The second-order valence-electron chi connectivity index (χ2n) is 5.29. The van der Waals surface area contributed by atoms with E-state index in [-0.39, 0.29) is 0 Å². The number of carboxylic acids is 1. The molecule has 1 N–H and O–H groups in total. The van der Waals surface area contributed by atoms with Gasteiger partial charge >= 0.3 is 5.97 Å². The third kappa shape index (κ3) is 3.73. The third-order valence-electron chi connectivity index (χ3n) is 3.59. The number of aromatic nitrogens is 1. The number of nitrogens with zero attached hydrogens (tertiary/aromatic N) is 2. The molecule has 0 fully saturated rings. The van der Waals surface area contributed by atoms with Crippen molar-refractivity contribution in [3.63, 3.8) is 0 Å². The number of rotatable bonds is 5. The average Bonchev–Trinajstić information content (AvgIpc) is 3.16. The number of aliphatic carboxylic acids is 1. The van der Waals surface area contributed by atoms with Crippen LogP contribution >= 0.6 is 23.1 Å². The minimum absolute atomic E-state index is 0.407. The number of benzene rings is 1. The van der Waals surface area contributed by atoms with Crippen molar-refractivity contribution >= 4 is 29.1 Å². The SMILES string of the molecule is CC(Sc1nc(-c2cccs2)cc(-c2ccccc2)c1C#N)C(=O)O. The maximum atomic E-state index is 11.2. The fraction of sp³-hybridized carbons (Fsp3) is 0.105. The molecule has 0 bridgehead atoms. The number of thiophene rings is 1. The van der Waals surface area contributed by atoms with Crippen LogP contribution in [0.3, 0.4) is 0 Å². The fourth-order valence-electron chi connectivity index (χ4n) is 2.33. The lowest BCUT2D eigenvalue weighted by atomic mass is 10.0. The standard InChI is InChI=1S/C19H14N2O2S2/c1-12(19(22)23)25-18-15(11-20)14(13-6-3-2-4-7-13)10-16(21-18)17-8-5-9-24-17/h2-10,12H,1H3,(H,22,23). The Morgan fingerprint density at radius 2 is 2.04 bits per heavy atom. The molecule has 4 nitrogen and oxygen atoms in total. The van der Waals surface area contributed by atoms with Crippen LogP contribution in [-0.4, -0.2) is 21.3 Å². The molecular weight excluding hydrogens is 352 g/mol. The number of nitriles is 1. The van der Waals surface area contributed by atoms with Crippen molar-refractivity contribution < 1.29 is 9.90 Å². The molecule has 0 amide bonds. The predicted molar refractivity (Wildman–Crippen MR) is 101 cm³/mol. The molecule has 0 radical (unpaired) electrons. The molecule has 0 spiro atoms. The Morgan fingerprint density at radius 1 is 1.28 bits per heavy atom. The van der Waals surface area contributed by atoms with E-state index in [9.17, 15) is 15.2 Å². The molecule has 124 valence electrons. The van der Waals surface area contributed by atoms with Gasteiger partial charge in [0.15, 0.2) is 0 Å². The summed E-state index contributed by atoms with van der Waals surface area (Å²) in [5, 5.41) is 20.6. The highest BCUT2D eigenvalue weighted by Gasteiger charge is 2.20. The van der Waals surface area contributed by atoms with Crippen LogP contribution in [0.15, 0.2) is 58.9 Å². The van der Waals surface area contributed by atoms with Crippen molar-refractivity contribution in [1.29, 1.82) is 5.26 Å². The van der Waals surface area contributed by atoms with E-state index >= 15 is 0 Å². The number of thioether (sulfide) groups is 1. The van der Waals surface area contributed by atoms with E-state index in [0.29, 0.717) is 10.6 Å². The Hall–Kier alpha value is -2.62. The van der Waals surface area contributed by atoms with Gasteiger partial charge in [0.1, 0.15) is 16.3 Å². The molecule has 2 aromatic heterocycles. The summed E-state index contributed by atoms with van der Waals surface area (Å²) in [7, 11) is 0. The Labute approximate surface area is 153 Å². The first-order chi connectivity index (χ1) is 12.1. The predicted octanol–water partition coefficient (Wildman–Crippen LogP) is 4.91. The number of carbonyl (C=O) groups is 1. The monoisotopic (exact) mass is 366 g/mol. The average molecular weight is 366 g/mol. The third-order valence-corrected chi connectivity index (χ3v) is 5.56. The van der Waals surface area contributed by atoms with Crippen LogP contribution < -0.4 is 0 Å². The zero-order valence-corrected chi connectivity index (χ0v) is 15.0. The maximum absolute atomic E-state index is 11.2. The van der Waals surface area contributed by atoms with Crippen molar-refractivity contribution in [3.8, 4) is 27.8 Å². The van der Waals surface area contributed by atoms with Crippen molar-refractivity contribution in [2.45, 2.75) is 17.2 Å². The molecule has 1 unspecified atom stereocenters. The van der Waals surface area contributed by atoms with Gasteiger partial charge in [-0.15, -0.1) is 11.3 Å². The van der Waals surface area contributed by atoms with E-state index < -0.39 is 11.2 Å². The maximum Gasteiger partial charge on any atom is 0.316 e. The van der Waals surface area contributed by atoms with E-state index in [0.717, 1.165) is 33.5 Å². The van der Waals surface area contributed by atoms with Crippen molar-refractivity contribution in [2.24, 2.45) is 0 Å². The van der Waals surface area contributed by atoms with Gasteiger partial charge < -0.3 is 5.11 Å². The second-order valence-corrected chi connectivity index (χ2v) is 7.57. The number of hydrogen-bond donors (Lipinski definition) is 1. The van der Waals surface area contributed by atoms with E-state index in [1.807, 2.05) is 53.9 Å². The highest BCUT2D eigenvalue weighted by atomic mass is 32.2. The summed E-state index contributed by atoms with van der Waals surface area (Å²) in [6.45, 7) is 1.59. The minimum Gasteiger partial charge on any atom is -0.480 e. The molecule has 3 aromatic rings. The van der Waals surface area contributed by atoms with E-state index in [2.05, 4.69) is 11.1 Å². The van der Waals surface area contributed by atoms with E-state index in [1.54, 1.807) is 18.3 Å². The quantitative estimate of drug-likeness (QED) is 0.649. The summed E-state index contributed by atoms with van der Waals surface area (Å²) in [6.07, 6.45) is 0. The largest absolute Gasteiger partial charge is 0.480 e. The van der Waals surface area contributed by atoms with Crippen LogP contribution in [0, 0.1) is 11.3 Å². The van der Waals surface area contributed by atoms with Gasteiger partial charge in [-0.2, -0.15) is 5.26 Å². The summed E-state index contributed by atoms with van der Waals surface area (Å²) in [6, 6.07) is 17.6. The van der Waals surface area contributed by atoms with Crippen LogP contribution in [-0.2, 0) is 4.79 Å². The Balaban J connectivity index is 2.21. The van der Waals surface area contributed by atoms with Gasteiger partial charge in [-0.05, 0) is 30.0 Å². The first-order valence-corrected chi connectivity index (χ1v) is 9.30. The lowest BCUT2D eigenvalue weighted by Crippen LogP contribution is -2.12. The van der Waals surface area contributed by atoms with Gasteiger partial charge in [0, 0.05) is 5.56 Å².